The quantitative estimate of drug-likeness (QED) is 0.826. The minimum absolute atomic E-state index is 0.729. The van der Waals surface area contributed by atoms with Gasteiger partial charge < -0.3 is 14.0 Å². The molecule has 1 aliphatic rings. The van der Waals surface area contributed by atoms with E-state index in [1.807, 2.05) is 18.3 Å². The van der Waals surface area contributed by atoms with Crippen LogP contribution in [0, 0.1) is 5.92 Å². The van der Waals surface area contributed by atoms with Gasteiger partial charge in [-0.25, -0.2) is 4.98 Å². The van der Waals surface area contributed by atoms with E-state index in [0.717, 1.165) is 29.4 Å². The van der Waals surface area contributed by atoms with Gasteiger partial charge in [0.05, 0.1) is 13.3 Å². The zero-order chi connectivity index (χ0) is 12.5. The third-order valence-corrected chi connectivity index (χ3v) is 3.79. The summed E-state index contributed by atoms with van der Waals surface area (Å²) >= 11 is 0. The van der Waals surface area contributed by atoms with Crippen LogP contribution in [0.1, 0.15) is 12.2 Å². The molecule has 2 aromatic rings. The first-order chi connectivity index (χ1) is 8.78. The van der Waals surface area contributed by atoms with Gasteiger partial charge in [0.15, 0.2) is 0 Å². The van der Waals surface area contributed by atoms with Crippen LogP contribution in [-0.4, -0.2) is 41.5 Å². The third kappa shape index (κ3) is 1.97. The summed E-state index contributed by atoms with van der Waals surface area (Å²) in [5, 5.41) is 0. The summed E-state index contributed by atoms with van der Waals surface area (Å²) in [4.78, 5) is 6.95. The lowest BCUT2D eigenvalue weighted by Crippen LogP contribution is -2.15. The van der Waals surface area contributed by atoms with E-state index in [1.165, 1.54) is 19.5 Å². The number of methoxy groups -OCH3 is 1. The van der Waals surface area contributed by atoms with Crippen molar-refractivity contribution in [1.82, 2.24) is 14.3 Å². The van der Waals surface area contributed by atoms with Crippen molar-refractivity contribution < 1.29 is 4.74 Å². The molecule has 0 aromatic carbocycles. The van der Waals surface area contributed by atoms with E-state index in [4.69, 9.17) is 4.74 Å². The molecule has 1 fully saturated rings. The SMILES string of the molecule is COc1cccn2c(CC3CCN(C)C3)ncc12. The second-order valence-corrected chi connectivity index (χ2v) is 5.13. The molecule has 0 radical (unpaired) electrons. The highest BCUT2D eigenvalue weighted by Crippen LogP contribution is 2.23. The lowest BCUT2D eigenvalue weighted by molar-refractivity contribution is 0.392. The first-order valence-corrected chi connectivity index (χ1v) is 6.45. The number of aromatic nitrogens is 2. The predicted octanol–water partition coefficient (Wildman–Crippen LogP) is 1.84. The minimum Gasteiger partial charge on any atom is -0.494 e. The van der Waals surface area contributed by atoms with E-state index in [9.17, 15) is 0 Å². The number of nitrogens with zero attached hydrogens (tertiary/aromatic N) is 3. The molecule has 0 N–H and O–H groups in total. The molecular weight excluding hydrogens is 226 g/mol. The zero-order valence-electron chi connectivity index (χ0n) is 11.0. The first kappa shape index (κ1) is 11.5. The number of rotatable bonds is 3. The number of likely N-dealkylation sites (tertiary alicyclic amines) is 1. The Kier molecular flexibility index (Phi) is 2.96. The maximum absolute atomic E-state index is 5.36. The minimum atomic E-state index is 0.729. The molecule has 2 aromatic heterocycles. The van der Waals surface area contributed by atoms with E-state index in [-0.39, 0.29) is 0 Å². The number of ether oxygens (including phenoxy) is 1. The highest BCUT2D eigenvalue weighted by atomic mass is 16.5. The average molecular weight is 245 g/mol. The van der Waals surface area contributed by atoms with Crippen LogP contribution < -0.4 is 4.74 Å². The smallest absolute Gasteiger partial charge is 0.144 e. The molecule has 1 atom stereocenters. The fraction of sp³-hybridized carbons (Fsp3) is 0.500. The van der Waals surface area contributed by atoms with Gasteiger partial charge in [0.25, 0.3) is 0 Å². The average Bonchev–Trinajstić information content (AvgIpc) is 2.97. The maximum Gasteiger partial charge on any atom is 0.144 e. The second-order valence-electron chi connectivity index (χ2n) is 5.13. The zero-order valence-corrected chi connectivity index (χ0v) is 11.0. The molecular formula is C14H19N3O. The molecule has 0 spiro atoms. The lowest BCUT2D eigenvalue weighted by Gasteiger charge is -2.10. The summed E-state index contributed by atoms with van der Waals surface area (Å²) in [5.41, 5.74) is 1.06. The van der Waals surface area contributed by atoms with E-state index >= 15 is 0 Å². The van der Waals surface area contributed by atoms with Crippen LogP contribution >= 0.6 is 0 Å². The summed E-state index contributed by atoms with van der Waals surface area (Å²) in [6.45, 7) is 2.39. The van der Waals surface area contributed by atoms with Crippen LogP contribution in [0.15, 0.2) is 24.5 Å². The van der Waals surface area contributed by atoms with Crippen molar-refractivity contribution in [3.8, 4) is 5.75 Å². The van der Waals surface area contributed by atoms with Gasteiger partial charge in [0, 0.05) is 19.2 Å². The predicted molar refractivity (Wildman–Crippen MR) is 71.1 cm³/mol. The van der Waals surface area contributed by atoms with Gasteiger partial charge in [-0.3, -0.25) is 0 Å². The molecule has 4 nitrogen and oxygen atoms in total. The number of hydrogen-bond donors (Lipinski definition) is 0. The van der Waals surface area contributed by atoms with Gasteiger partial charge in [-0.1, -0.05) is 0 Å². The molecule has 96 valence electrons. The molecule has 0 bridgehead atoms. The number of pyridine rings is 1. The Bertz CT molecular complexity index is 549. The van der Waals surface area contributed by atoms with Crippen molar-refractivity contribution in [2.75, 3.05) is 27.2 Å². The van der Waals surface area contributed by atoms with Crippen molar-refractivity contribution in [3.05, 3.63) is 30.4 Å². The van der Waals surface area contributed by atoms with Crippen molar-refractivity contribution in [3.63, 3.8) is 0 Å². The van der Waals surface area contributed by atoms with Gasteiger partial charge >= 0.3 is 0 Å². The van der Waals surface area contributed by atoms with Crippen molar-refractivity contribution in [2.45, 2.75) is 12.8 Å². The van der Waals surface area contributed by atoms with Crippen LogP contribution in [0.2, 0.25) is 0 Å². The summed E-state index contributed by atoms with van der Waals surface area (Å²) in [6, 6.07) is 3.99. The Morgan fingerprint density at radius 3 is 3.11 bits per heavy atom. The standard InChI is InChI=1S/C14H19N3O/c1-16-7-5-11(10-16)8-14-15-9-12-13(18-2)4-3-6-17(12)14/h3-4,6,9,11H,5,7-8,10H2,1-2H3. The van der Waals surface area contributed by atoms with E-state index in [2.05, 4.69) is 27.5 Å². The molecule has 1 unspecified atom stereocenters. The highest BCUT2D eigenvalue weighted by molar-refractivity contribution is 5.59. The summed E-state index contributed by atoms with van der Waals surface area (Å²) in [6.07, 6.45) is 6.30. The van der Waals surface area contributed by atoms with Crippen molar-refractivity contribution in [1.29, 1.82) is 0 Å². The van der Waals surface area contributed by atoms with E-state index in [1.54, 1.807) is 7.11 Å². The molecule has 18 heavy (non-hydrogen) atoms. The van der Waals surface area contributed by atoms with Crippen LogP contribution in [0.3, 0.4) is 0 Å². The van der Waals surface area contributed by atoms with E-state index < -0.39 is 0 Å². The lowest BCUT2D eigenvalue weighted by atomic mass is 10.0. The van der Waals surface area contributed by atoms with Crippen LogP contribution in [0.5, 0.6) is 5.75 Å². The first-order valence-electron chi connectivity index (χ1n) is 6.45. The van der Waals surface area contributed by atoms with Crippen molar-refractivity contribution >= 4 is 5.52 Å². The third-order valence-electron chi connectivity index (χ3n) is 3.79. The molecule has 0 saturated carbocycles. The van der Waals surface area contributed by atoms with Crippen molar-refractivity contribution in [2.24, 2.45) is 5.92 Å². The number of hydrogen-bond acceptors (Lipinski definition) is 3. The summed E-state index contributed by atoms with van der Waals surface area (Å²) in [5.74, 6) is 2.76. The second kappa shape index (κ2) is 4.61. The Morgan fingerprint density at radius 2 is 2.39 bits per heavy atom. The fourth-order valence-corrected chi connectivity index (χ4v) is 2.82. The molecule has 3 heterocycles. The molecule has 1 saturated heterocycles. The van der Waals surface area contributed by atoms with E-state index in [0.29, 0.717) is 0 Å². The Hall–Kier alpha value is -1.55. The van der Waals surface area contributed by atoms with Gasteiger partial charge in [0.1, 0.15) is 17.1 Å². The summed E-state index contributed by atoms with van der Waals surface area (Å²) in [7, 11) is 3.89. The van der Waals surface area contributed by atoms with Crippen LogP contribution in [0.4, 0.5) is 0 Å². The molecule has 0 amide bonds. The Balaban J connectivity index is 1.89. The normalized spacial score (nSPS) is 20.7. The molecule has 1 aliphatic heterocycles. The van der Waals surface area contributed by atoms with Crippen LogP contribution in [-0.2, 0) is 6.42 Å². The topological polar surface area (TPSA) is 29.8 Å². The Morgan fingerprint density at radius 1 is 1.50 bits per heavy atom. The maximum atomic E-state index is 5.36. The van der Waals surface area contributed by atoms with Gasteiger partial charge in [0.2, 0.25) is 0 Å². The summed E-state index contributed by atoms with van der Waals surface area (Å²) < 4.78 is 7.51. The number of imidazole rings is 1. The highest BCUT2D eigenvalue weighted by Gasteiger charge is 2.21. The van der Waals surface area contributed by atoms with Gasteiger partial charge in [-0.2, -0.15) is 0 Å². The molecule has 0 aliphatic carbocycles. The van der Waals surface area contributed by atoms with Crippen LogP contribution in [0.25, 0.3) is 5.52 Å². The van der Waals surface area contributed by atoms with Gasteiger partial charge in [-0.05, 0) is 38.1 Å². The number of fused-ring (bicyclic) bond motifs is 1. The largest absolute Gasteiger partial charge is 0.494 e. The Labute approximate surface area is 107 Å². The fourth-order valence-electron chi connectivity index (χ4n) is 2.82. The molecule has 4 heteroatoms. The molecule has 3 rings (SSSR count). The monoisotopic (exact) mass is 245 g/mol. The van der Waals surface area contributed by atoms with Gasteiger partial charge in [-0.15, -0.1) is 0 Å².